The summed E-state index contributed by atoms with van der Waals surface area (Å²) in [5.74, 6) is -0.528. The quantitative estimate of drug-likeness (QED) is 0.451. The van der Waals surface area contributed by atoms with Crippen molar-refractivity contribution in [2.24, 2.45) is 5.73 Å². The number of carbonyl (C=O) groups excluding carboxylic acids is 1. The number of primary amides is 1. The van der Waals surface area contributed by atoms with Gasteiger partial charge in [-0.25, -0.2) is 0 Å². The zero-order valence-electron chi connectivity index (χ0n) is 16.4. The number of rotatable bonds is 5. The van der Waals surface area contributed by atoms with E-state index in [1.54, 1.807) is 12.1 Å². The van der Waals surface area contributed by atoms with Crippen LogP contribution in [0, 0.1) is 6.07 Å². The van der Waals surface area contributed by atoms with Crippen molar-refractivity contribution in [2.75, 3.05) is 0 Å². The number of halogens is 3. The highest BCUT2D eigenvalue weighted by Gasteiger charge is 2.30. The van der Waals surface area contributed by atoms with Gasteiger partial charge in [-0.05, 0) is 53.9 Å². The van der Waals surface area contributed by atoms with E-state index in [0.29, 0.717) is 12.1 Å². The molecule has 0 atom stereocenters. The molecule has 1 amide bonds. The lowest BCUT2D eigenvalue weighted by molar-refractivity contribution is -0.137. The number of fused-ring (bicyclic) bond motifs is 3. The van der Waals surface area contributed by atoms with Gasteiger partial charge >= 0.3 is 6.18 Å². The summed E-state index contributed by atoms with van der Waals surface area (Å²) in [4.78, 5) is 12.0. The Bertz CT molecular complexity index is 1240. The number of benzene rings is 3. The molecule has 4 rings (SSSR count). The predicted octanol–water partition coefficient (Wildman–Crippen LogP) is 5.71. The van der Waals surface area contributed by atoms with Gasteiger partial charge in [0.25, 0.3) is 0 Å². The summed E-state index contributed by atoms with van der Waals surface area (Å²) in [5.41, 5.74) is 8.85. The minimum absolute atomic E-state index is 0.365. The molecule has 0 spiro atoms. The fraction of sp³-hybridized carbons (Fsp3) is 0.208. The number of alkyl halides is 3. The first-order chi connectivity index (χ1) is 14.3. The molecule has 0 aliphatic rings. The van der Waals surface area contributed by atoms with Gasteiger partial charge < -0.3 is 10.3 Å². The third-order valence-electron chi connectivity index (χ3n) is 5.28. The number of hydrogen-bond acceptors (Lipinski definition) is 1. The normalized spacial score (nSPS) is 12.0. The smallest absolute Gasteiger partial charge is 0.366 e. The van der Waals surface area contributed by atoms with Crippen molar-refractivity contribution < 1.29 is 18.0 Å². The van der Waals surface area contributed by atoms with Crippen LogP contribution in [0.25, 0.3) is 21.8 Å². The van der Waals surface area contributed by atoms with E-state index in [1.165, 1.54) is 12.1 Å². The molecular weight excluding hydrogens is 389 g/mol. The van der Waals surface area contributed by atoms with E-state index in [1.807, 2.05) is 16.7 Å². The van der Waals surface area contributed by atoms with Gasteiger partial charge in [0.2, 0.25) is 5.91 Å². The highest BCUT2D eigenvalue weighted by atomic mass is 19.4. The predicted molar refractivity (Wildman–Crippen MR) is 111 cm³/mol. The van der Waals surface area contributed by atoms with E-state index in [2.05, 4.69) is 19.1 Å². The maximum Gasteiger partial charge on any atom is 0.416 e. The zero-order chi connectivity index (χ0) is 21.5. The van der Waals surface area contributed by atoms with Gasteiger partial charge in [-0.1, -0.05) is 37.6 Å². The molecule has 153 valence electrons. The molecule has 1 radical (unpaired) electrons. The Balaban J connectivity index is 1.91. The first-order valence-electron chi connectivity index (χ1n) is 9.71. The average Bonchev–Trinajstić information content (AvgIpc) is 3.01. The Labute approximate surface area is 171 Å². The maximum atomic E-state index is 12.9. The molecule has 0 saturated carbocycles. The van der Waals surface area contributed by atoms with Crippen molar-refractivity contribution in [3.8, 4) is 0 Å². The van der Waals surface area contributed by atoms with Gasteiger partial charge in [-0.2, -0.15) is 13.2 Å². The summed E-state index contributed by atoms with van der Waals surface area (Å²) in [6.45, 7) is 2.46. The minimum atomic E-state index is -4.37. The van der Waals surface area contributed by atoms with Crippen molar-refractivity contribution in [3.63, 3.8) is 0 Å². The first-order valence-corrected chi connectivity index (χ1v) is 9.71. The second kappa shape index (κ2) is 7.52. The number of amides is 1. The van der Waals surface area contributed by atoms with Crippen LogP contribution in [0.3, 0.4) is 0 Å². The van der Waals surface area contributed by atoms with Crippen LogP contribution in [0.1, 0.15) is 40.4 Å². The van der Waals surface area contributed by atoms with Crippen molar-refractivity contribution in [1.29, 1.82) is 0 Å². The van der Waals surface area contributed by atoms with Gasteiger partial charge in [-0.15, -0.1) is 0 Å². The number of nitrogens with zero attached hydrogens (tertiary/aromatic N) is 1. The van der Waals surface area contributed by atoms with E-state index in [9.17, 15) is 18.0 Å². The Hall–Kier alpha value is -3.28. The average molecular weight is 409 g/mol. The summed E-state index contributed by atoms with van der Waals surface area (Å²) in [6.07, 6.45) is -2.51. The molecule has 3 nitrogen and oxygen atoms in total. The van der Waals surface area contributed by atoms with Crippen molar-refractivity contribution in [3.05, 3.63) is 82.9 Å². The maximum absolute atomic E-state index is 12.9. The molecule has 0 fully saturated rings. The molecule has 1 heterocycles. The molecule has 30 heavy (non-hydrogen) atoms. The van der Waals surface area contributed by atoms with Crippen LogP contribution < -0.4 is 5.73 Å². The van der Waals surface area contributed by atoms with Gasteiger partial charge in [0.05, 0.1) is 16.6 Å². The SMILES string of the molecule is CCCc1c[c]c2c3c(C(N)=O)cccc3n(Cc3ccc(C(F)(F)F)cc3)c2c1. The Morgan fingerprint density at radius 3 is 2.43 bits per heavy atom. The van der Waals surface area contributed by atoms with Gasteiger partial charge in [0.1, 0.15) is 0 Å². The summed E-state index contributed by atoms with van der Waals surface area (Å²) in [5, 5.41) is 1.50. The van der Waals surface area contributed by atoms with Crippen LogP contribution in [0.15, 0.2) is 54.6 Å². The molecule has 0 saturated heterocycles. The molecule has 0 aliphatic carbocycles. The fourth-order valence-electron chi connectivity index (χ4n) is 3.89. The summed E-state index contributed by atoms with van der Waals surface area (Å²) in [7, 11) is 0. The van der Waals surface area contributed by atoms with E-state index in [-0.39, 0.29) is 0 Å². The molecule has 1 aromatic heterocycles. The molecule has 3 aromatic carbocycles. The van der Waals surface area contributed by atoms with E-state index >= 15 is 0 Å². The Kier molecular flexibility index (Phi) is 5.02. The third-order valence-corrected chi connectivity index (χ3v) is 5.28. The van der Waals surface area contributed by atoms with E-state index < -0.39 is 17.6 Å². The highest BCUT2D eigenvalue weighted by Crippen LogP contribution is 2.34. The van der Waals surface area contributed by atoms with Gasteiger partial charge in [0, 0.05) is 22.9 Å². The number of carbonyl (C=O) groups is 1. The second-order valence-corrected chi connectivity index (χ2v) is 7.36. The summed E-state index contributed by atoms with van der Waals surface area (Å²) in [6, 6.07) is 17.8. The molecular formula is C24H20F3N2O. The fourth-order valence-corrected chi connectivity index (χ4v) is 3.89. The summed E-state index contributed by atoms with van der Waals surface area (Å²) < 4.78 is 40.7. The van der Waals surface area contributed by atoms with Gasteiger partial charge in [-0.3, -0.25) is 4.79 Å². The lowest BCUT2D eigenvalue weighted by atomic mass is 10.0. The molecule has 0 aliphatic heterocycles. The molecule has 0 unspecified atom stereocenters. The second-order valence-electron chi connectivity index (χ2n) is 7.36. The zero-order valence-corrected chi connectivity index (χ0v) is 16.4. The first kappa shape index (κ1) is 20.0. The van der Waals surface area contributed by atoms with Crippen molar-refractivity contribution in [1.82, 2.24) is 4.57 Å². The van der Waals surface area contributed by atoms with E-state index in [0.717, 1.165) is 57.9 Å². The number of hydrogen-bond donors (Lipinski definition) is 1. The van der Waals surface area contributed by atoms with Crippen LogP contribution in [0.4, 0.5) is 13.2 Å². The Morgan fingerprint density at radius 2 is 1.80 bits per heavy atom. The summed E-state index contributed by atoms with van der Waals surface area (Å²) >= 11 is 0. The molecule has 4 aromatic rings. The molecule has 2 N–H and O–H groups in total. The molecule has 0 bridgehead atoms. The van der Waals surface area contributed by atoms with Gasteiger partial charge in [0.15, 0.2) is 0 Å². The van der Waals surface area contributed by atoms with Crippen molar-refractivity contribution in [2.45, 2.75) is 32.5 Å². The van der Waals surface area contributed by atoms with Crippen LogP contribution >= 0.6 is 0 Å². The number of aryl methyl sites for hydroxylation is 1. The minimum Gasteiger partial charge on any atom is -0.366 e. The lowest BCUT2D eigenvalue weighted by Gasteiger charge is -2.11. The monoisotopic (exact) mass is 409 g/mol. The molecule has 6 heteroatoms. The lowest BCUT2D eigenvalue weighted by Crippen LogP contribution is -2.11. The van der Waals surface area contributed by atoms with Crippen molar-refractivity contribution >= 4 is 27.7 Å². The number of aromatic nitrogens is 1. The van der Waals surface area contributed by atoms with Crippen LogP contribution in [0.5, 0.6) is 0 Å². The third kappa shape index (κ3) is 3.54. The van der Waals surface area contributed by atoms with Crippen LogP contribution in [0.2, 0.25) is 0 Å². The standard InChI is InChI=1S/C24H20F3N2O/c1-2-4-15-9-12-18-21(13-15)29(20-6-3-5-19(22(18)20)23(28)30)14-16-7-10-17(11-8-16)24(25,26)27/h3,5-11,13H,2,4,14H2,1H3,(H2,28,30). The topological polar surface area (TPSA) is 48.0 Å². The largest absolute Gasteiger partial charge is 0.416 e. The Morgan fingerprint density at radius 1 is 1.07 bits per heavy atom. The van der Waals surface area contributed by atoms with Crippen LogP contribution in [-0.2, 0) is 19.1 Å². The van der Waals surface area contributed by atoms with Crippen LogP contribution in [-0.4, -0.2) is 10.5 Å². The number of nitrogens with two attached hydrogens (primary N) is 1. The highest BCUT2D eigenvalue weighted by molar-refractivity contribution is 6.17. The van der Waals surface area contributed by atoms with E-state index in [4.69, 9.17) is 5.73 Å².